The summed E-state index contributed by atoms with van der Waals surface area (Å²) in [5.41, 5.74) is -8.01. The van der Waals surface area contributed by atoms with Crippen LogP contribution in [0, 0.1) is 17.3 Å². The summed E-state index contributed by atoms with van der Waals surface area (Å²) in [5.74, 6) is -2.29. The maximum atomic E-state index is 12.8. The number of halogens is 6. The summed E-state index contributed by atoms with van der Waals surface area (Å²) in [6, 6.07) is 1.77. The third kappa shape index (κ3) is 5.94. The van der Waals surface area contributed by atoms with E-state index in [1.165, 1.54) is 0 Å². The largest absolute Gasteiger partial charge is 0.744 e. The SMILES string of the molecule is O=C(OCCC(O)(C(F)(F)F)C(F)(F)F)c1cc(C(=O)OCC23CC4CC(CC(O)(C4)C2)C3)cc(S(=O)(=O)[O-])c1. The second kappa shape index (κ2) is 9.84. The first-order valence-corrected chi connectivity index (χ1v) is 13.6. The lowest BCUT2D eigenvalue weighted by Crippen LogP contribution is -2.57. The van der Waals surface area contributed by atoms with E-state index in [4.69, 9.17) is 9.84 Å². The van der Waals surface area contributed by atoms with Gasteiger partial charge in [-0.3, -0.25) is 0 Å². The third-order valence-electron chi connectivity index (χ3n) is 7.96. The molecule has 16 heteroatoms. The van der Waals surface area contributed by atoms with Gasteiger partial charge < -0.3 is 24.2 Å². The van der Waals surface area contributed by atoms with Crippen molar-refractivity contribution < 1.29 is 68.6 Å². The first-order valence-electron chi connectivity index (χ1n) is 12.2. The maximum absolute atomic E-state index is 12.8. The van der Waals surface area contributed by atoms with Crippen molar-refractivity contribution in [3.05, 3.63) is 29.3 Å². The van der Waals surface area contributed by atoms with Crippen molar-refractivity contribution in [1.29, 1.82) is 0 Å². The Balaban J connectivity index is 1.49. The zero-order valence-corrected chi connectivity index (χ0v) is 21.5. The highest BCUT2D eigenvalue weighted by Gasteiger charge is 2.70. The zero-order chi connectivity index (χ0) is 29.9. The molecule has 0 spiro atoms. The minimum absolute atomic E-state index is 0.136. The number of esters is 2. The molecular formula is C24H25F6O9S-. The summed E-state index contributed by atoms with van der Waals surface area (Å²) >= 11 is 0. The van der Waals surface area contributed by atoms with Crippen LogP contribution in [-0.2, 0) is 19.6 Å². The second-order valence-corrected chi connectivity index (χ2v) is 12.6. The Morgan fingerprint density at radius 1 is 0.925 bits per heavy atom. The lowest BCUT2D eigenvalue weighted by molar-refractivity contribution is -0.371. The third-order valence-corrected chi connectivity index (χ3v) is 8.78. The number of carbonyl (C=O) groups is 2. The summed E-state index contributed by atoms with van der Waals surface area (Å²) in [6.45, 7) is -1.74. The predicted molar refractivity (Wildman–Crippen MR) is 119 cm³/mol. The number of hydrogen-bond acceptors (Lipinski definition) is 9. The van der Waals surface area contributed by atoms with Crippen molar-refractivity contribution in [2.24, 2.45) is 17.3 Å². The molecule has 1 aromatic carbocycles. The summed E-state index contributed by atoms with van der Waals surface area (Å²) in [4.78, 5) is 24.1. The average molecular weight is 604 g/mol. The quantitative estimate of drug-likeness (QED) is 0.259. The smallest absolute Gasteiger partial charge is 0.426 e. The van der Waals surface area contributed by atoms with E-state index in [1.54, 1.807) is 0 Å². The molecule has 9 nitrogen and oxygen atoms in total. The van der Waals surface area contributed by atoms with E-state index >= 15 is 0 Å². The van der Waals surface area contributed by atoms with E-state index in [2.05, 4.69) is 4.74 Å². The fourth-order valence-corrected chi connectivity index (χ4v) is 7.21. The minimum Gasteiger partial charge on any atom is -0.744 e. The van der Waals surface area contributed by atoms with Gasteiger partial charge >= 0.3 is 24.3 Å². The molecule has 2 unspecified atom stereocenters. The van der Waals surface area contributed by atoms with Crippen molar-refractivity contribution in [1.82, 2.24) is 0 Å². The Hall–Kier alpha value is -2.43. The average Bonchev–Trinajstić information content (AvgIpc) is 2.78. The predicted octanol–water partition coefficient (Wildman–Crippen LogP) is 3.48. The van der Waals surface area contributed by atoms with Gasteiger partial charge in [0.1, 0.15) is 10.1 Å². The highest BCUT2D eigenvalue weighted by Crippen LogP contribution is 2.61. The molecule has 0 radical (unpaired) electrons. The zero-order valence-electron chi connectivity index (χ0n) is 20.7. The second-order valence-electron chi connectivity index (χ2n) is 11.2. The molecule has 2 atom stereocenters. The van der Waals surface area contributed by atoms with Crippen LogP contribution >= 0.6 is 0 Å². The molecule has 5 rings (SSSR count). The first-order chi connectivity index (χ1) is 18.2. The fourth-order valence-electron chi connectivity index (χ4n) is 6.67. The van der Waals surface area contributed by atoms with Crippen molar-refractivity contribution in [3.8, 4) is 0 Å². The van der Waals surface area contributed by atoms with Crippen LogP contribution in [0.2, 0.25) is 0 Å². The van der Waals surface area contributed by atoms with E-state index in [9.17, 15) is 54.0 Å². The highest BCUT2D eigenvalue weighted by molar-refractivity contribution is 7.85. The molecular weight excluding hydrogens is 578 g/mol. The number of carbonyl (C=O) groups excluding carboxylic acids is 2. The molecule has 4 aliphatic rings. The lowest BCUT2D eigenvalue weighted by atomic mass is 9.48. The number of alkyl halides is 6. The summed E-state index contributed by atoms with van der Waals surface area (Å²) in [6.07, 6.45) is -10.4. The monoisotopic (exact) mass is 603 g/mol. The number of rotatable bonds is 8. The van der Waals surface area contributed by atoms with Crippen molar-refractivity contribution >= 4 is 22.1 Å². The van der Waals surface area contributed by atoms with Crippen LogP contribution in [0.1, 0.15) is 65.7 Å². The molecule has 40 heavy (non-hydrogen) atoms. The van der Waals surface area contributed by atoms with Gasteiger partial charge in [0.2, 0.25) is 0 Å². The van der Waals surface area contributed by atoms with Crippen LogP contribution in [0.5, 0.6) is 0 Å². The van der Waals surface area contributed by atoms with E-state index in [-0.39, 0.29) is 18.4 Å². The molecule has 1 aromatic rings. The van der Waals surface area contributed by atoms with Gasteiger partial charge in [-0.15, -0.1) is 0 Å². The van der Waals surface area contributed by atoms with Gasteiger partial charge in [-0.25, -0.2) is 18.0 Å². The number of aliphatic hydroxyl groups is 2. The Morgan fingerprint density at radius 2 is 1.43 bits per heavy atom. The van der Waals surface area contributed by atoms with Crippen LogP contribution in [0.25, 0.3) is 0 Å². The molecule has 4 saturated carbocycles. The van der Waals surface area contributed by atoms with E-state index in [1.807, 2.05) is 0 Å². The molecule has 0 heterocycles. The topological polar surface area (TPSA) is 150 Å². The fraction of sp³-hybridized carbons (Fsp3) is 0.667. The molecule has 4 bridgehead atoms. The van der Waals surface area contributed by atoms with E-state index in [0.717, 1.165) is 6.42 Å². The highest BCUT2D eigenvalue weighted by atomic mass is 32.2. The van der Waals surface area contributed by atoms with Crippen LogP contribution < -0.4 is 0 Å². The van der Waals surface area contributed by atoms with Crippen LogP contribution in [-0.4, -0.2) is 71.9 Å². The molecule has 4 aliphatic carbocycles. The normalized spacial score (nSPS) is 28.4. The van der Waals surface area contributed by atoms with Crippen LogP contribution in [0.15, 0.2) is 23.1 Å². The van der Waals surface area contributed by atoms with Crippen molar-refractivity contribution in [2.45, 2.75) is 73.4 Å². The van der Waals surface area contributed by atoms with Crippen molar-refractivity contribution in [3.63, 3.8) is 0 Å². The van der Waals surface area contributed by atoms with Gasteiger partial charge in [0.05, 0.1) is 34.8 Å². The molecule has 224 valence electrons. The molecule has 4 fully saturated rings. The number of benzene rings is 1. The van der Waals surface area contributed by atoms with Crippen LogP contribution in [0.4, 0.5) is 26.3 Å². The maximum Gasteiger partial charge on any atom is 0.426 e. The van der Waals surface area contributed by atoms with Gasteiger partial charge in [-0.1, -0.05) is 0 Å². The standard InChI is InChI=1S/C24H26F6O9S/c25-23(26,27)22(34,24(28,29)30)1-2-38-18(31)15-4-16(6-17(5-15)40(35,36)37)19(32)39-12-20-7-13-3-14(8-20)10-21(33,9-13)11-20/h4-6,13-14,33-34H,1-3,7-12H2,(H,35,36,37)/p-1. The van der Waals surface area contributed by atoms with Gasteiger partial charge in [-0.05, 0) is 68.6 Å². The van der Waals surface area contributed by atoms with Gasteiger partial charge in [0.15, 0.2) is 0 Å². The van der Waals surface area contributed by atoms with Gasteiger partial charge in [-0.2, -0.15) is 26.3 Å². The van der Waals surface area contributed by atoms with Gasteiger partial charge in [0, 0.05) is 11.8 Å². The van der Waals surface area contributed by atoms with Gasteiger partial charge in [0.25, 0.3) is 5.60 Å². The first kappa shape index (κ1) is 30.5. The Bertz CT molecular complexity index is 1260. The van der Waals surface area contributed by atoms with Crippen molar-refractivity contribution in [2.75, 3.05) is 13.2 Å². The Labute approximate surface area is 224 Å². The molecule has 2 N–H and O–H groups in total. The molecule has 0 aliphatic heterocycles. The number of ether oxygens (including phenoxy) is 2. The lowest BCUT2D eigenvalue weighted by Gasteiger charge is -2.59. The summed E-state index contributed by atoms with van der Waals surface area (Å²) < 4.78 is 122. The summed E-state index contributed by atoms with van der Waals surface area (Å²) in [7, 11) is -5.29. The summed E-state index contributed by atoms with van der Waals surface area (Å²) in [5, 5.41) is 20.0. The molecule has 0 saturated heterocycles. The molecule has 0 amide bonds. The minimum atomic E-state index is -6.16. The van der Waals surface area contributed by atoms with Crippen LogP contribution in [0.3, 0.4) is 0 Å². The van der Waals surface area contributed by atoms with E-state index in [0.29, 0.717) is 50.3 Å². The Morgan fingerprint density at radius 3 is 1.88 bits per heavy atom. The van der Waals surface area contributed by atoms with E-state index < -0.39 is 80.1 Å². The number of hydrogen-bond donors (Lipinski definition) is 2. The Kier molecular flexibility index (Phi) is 7.51. The molecule has 0 aromatic heterocycles.